The summed E-state index contributed by atoms with van der Waals surface area (Å²) in [6.07, 6.45) is 1.15. The van der Waals surface area contributed by atoms with E-state index >= 15 is 0 Å². The van der Waals surface area contributed by atoms with Crippen LogP contribution in [0.5, 0.6) is 0 Å². The largest absolute Gasteiger partial charge is 0.478 e. The van der Waals surface area contributed by atoms with E-state index in [1.165, 1.54) is 6.92 Å². The van der Waals surface area contributed by atoms with Gasteiger partial charge in [0, 0.05) is 5.57 Å². The molecule has 0 bridgehead atoms. The Morgan fingerprint density at radius 2 is 1.46 bits per heavy atom. The van der Waals surface area contributed by atoms with Crippen LogP contribution in [0.3, 0.4) is 0 Å². The third kappa shape index (κ3) is 3.55. The van der Waals surface area contributed by atoms with Crippen molar-refractivity contribution < 1.29 is 19.8 Å². The molecule has 13 heavy (non-hydrogen) atoms. The third-order valence-electron chi connectivity index (χ3n) is 1.47. The summed E-state index contributed by atoms with van der Waals surface area (Å²) in [5, 5.41) is 17.2. The van der Waals surface area contributed by atoms with Crippen LogP contribution in [0.15, 0.2) is 22.8 Å². The Balaban J connectivity index is 5.06. The van der Waals surface area contributed by atoms with E-state index in [2.05, 4.69) is 0 Å². The van der Waals surface area contributed by atoms with Gasteiger partial charge in [0.05, 0.1) is 5.57 Å². The van der Waals surface area contributed by atoms with E-state index in [9.17, 15) is 9.59 Å². The van der Waals surface area contributed by atoms with Crippen molar-refractivity contribution in [1.82, 2.24) is 0 Å². The molecule has 0 aromatic rings. The van der Waals surface area contributed by atoms with Gasteiger partial charge in [0.15, 0.2) is 0 Å². The summed E-state index contributed by atoms with van der Waals surface area (Å²) < 4.78 is 0. The molecule has 0 saturated carbocycles. The van der Waals surface area contributed by atoms with Crippen LogP contribution in [0.1, 0.15) is 20.8 Å². The van der Waals surface area contributed by atoms with Crippen LogP contribution in [-0.4, -0.2) is 22.2 Å². The zero-order valence-corrected chi connectivity index (χ0v) is 7.79. The minimum Gasteiger partial charge on any atom is -0.478 e. The summed E-state index contributed by atoms with van der Waals surface area (Å²) in [6, 6.07) is 0. The van der Waals surface area contributed by atoms with Crippen molar-refractivity contribution in [2.75, 3.05) is 0 Å². The summed E-state index contributed by atoms with van der Waals surface area (Å²) in [4.78, 5) is 21.0. The number of hydrogen-bond acceptors (Lipinski definition) is 2. The molecule has 0 heterocycles. The average Bonchev–Trinajstić information content (AvgIpc) is 1.97. The molecule has 0 unspecified atom stereocenters. The van der Waals surface area contributed by atoms with E-state index in [4.69, 9.17) is 10.2 Å². The van der Waals surface area contributed by atoms with E-state index in [0.29, 0.717) is 5.57 Å². The number of carboxylic acids is 2. The molecule has 0 rings (SSSR count). The van der Waals surface area contributed by atoms with Gasteiger partial charge in [-0.3, -0.25) is 0 Å². The normalized spacial score (nSPS) is 10.8. The Morgan fingerprint density at radius 1 is 1.00 bits per heavy atom. The van der Waals surface area contributed by atoms with Crippen molar-refractivity contribution in [3.05, 3.63) is 22.8 Å². The zero-order chi connectivity index (χ0) is 10.6. The molecule has 0 saturated heterocycles. The highest BCUT2D eigenvalue weighted by atomic mass is 16.4. The molecule has 0 aliphatic rings. The van der Waals surface area contributed by atoms with Gasteiger partial charge in [-0.25, -0.2) is 9.59 Å². The Bertz CT molecular complexity index is 293. The maximum Gasteiger partial charge on any atom is 0.335 e. The first-order chi connectivity index (χ1) is 5.86. The second kappa shape index (κ2) is 4.45. The van der Waals surface area contributed by atoms with Gasteiger partial charge < -0.3 is 10.2 Å². The quantitative estimate of drug-likeness (QED) is 0.514. The maximum atomic E-state index is 10.6. The van der Waals surface area contributed by atoms with Crippen LogP contribution in [0.4, 0.5) is 0 Å². The number of aliphatic carboxylic acids is 2. The summed E-state index contributed by atoms with van der Waals surface area (Å²) in [6.45, 7) is 4.60. The van der Waals surface area contributed by atoms with Crippen LogP contribution in [0.2, 0.25) is 0 Å². The van der Waals surface area contributed by atoms with E-state index < -0.39 is 11.9 Å². The van der Waals surface area contributed by atoms with Gasteiger partial charge >= 0.3 is 11.9 Å². The first-order valence-corrected chi connectivity index (χ1v) is 3.68. The van der Waals surface area contributed by atoms with Gasteiger partial charge in [-0.15, -0.1) is 0 Å². The van der Waals surface area contributed by atoms with Crippen LogP contribution < -0.4 is 0 Å². The summed E-state index contributed by atoms with van der Waals surface area (Å²) in [5.74, 6) is -2.22. The van der Waals surface area contributed by atoms with E-state index in [-0.39, 0.29) is 11.1 Å². The van der Waals surface area contributed by atoms with Gasteiger partial charge in [0.2, 0.25) is 0 Å². The lowest BCUT2D eigenvalue weighted by Crippen LogP contribution is -2.03. The SMILES string of the molecule is CC(=CC(C(=O)O)=C(C)C)C(=O)O. The van der Waals surface area contributed by atoms with Crippen molar-refractivity contribution in [3.8, 4) is 0 Å². The lowest BCUT2D eigenvalue weighted by Gasteiger charge is -1.99. The topological polar surface area (TPSA) is 74.6 Å². The van der Waals surface area contributed by atoms with Crippen LogP contribution in [-0.2, 0) is 9.59 Å². The molecule has 2 N–H and O–H groups in total. The first-order valence-electron chi connectivity index (χ1n) is 3.68. The van der Waals surface area contributed by atoms with Gasteiger partial charge in [0.25, 0.3) is 0 Å². The molecule has 0 aromatic carbocycles. The second-order valence-corrected chi connectivity index (χ2v) is 2.85. The summed E-state index contributed by atoms with van der Waals surface area (Å²) >= 11 is 0. The number of hydrogen-bond donors (Lipinski definition) is 2. The molecule has 0 aromatic heterocycles. The van der Waals surface area contributed by atoms with E-state index in [1.807, 2.05) is 0 Å². The molecule has 72 valence electrons. The van der Waals surface area contributed by atoms with Crippen LogP contribution in [0.25, 0.3) is 0 Å². The minimum atomic E-state index is -1.11. The second-order valence-electron chi connectivity index (χ2n) is 2.85. The van der Waals surface area contributed by atoms with Gasteiger partial charge in [-0.1, -0.05) is 5.57 Å². The van der Waals surface area contributed by atoms with Crippen LogP contribution in [0, 0.1) is 0 Å². The lowest BCUT2D eigenvalue weighted by molar-refractivity contribution is -0.132. The standard InChI is InChI=1S/C9H12O4/c1-5(2)7(9(12)13)4-6(3)8(10)11/h4H,1-3H3,(H,10,11)(H,12,13). The van der Waals surface area contributed by atoms with E-state index in [1.54, 1.807) is 13.8 Å². The molecule has 0 amide bonds. The molecular formula is C9H12O4. The molecule has 0 atom stereocenters. The number of carboxylic acid groups (broad SMARTS) is 2. The Kier molecular flexibility index (Phi) is 3.91. The predicted octanol–water partition coefficient (Wildman–Crippen LogP) is 1.44. The highest BCUT2D eigenvalue weighted by Crippen LogP contribution is 2.08. The van der Waals surface area contributed by atoms with Crippen molar-refractivity contribution in [1.29, 1.82) is 0 Å². The van der Waals surface area contributed by atoms with Gasteiger partial charge in [-0.2, -0.15) is 0 Å². The molecule has 0 aliphatic carbocycles. The van der Waals surface area contributed by atoms with Gasteiger partial charge in [-0.05, 0) is 26.8 Å². The zero-order valence-electron chi connectivity index (χ0n) is 7.79. The summed E-state index contributed by atoms with van der Waals surface area (Å²) in [7, 11) is 0. The van der Waals surface area contributed by atoms with Crippen molar-refractivity contribution in [3.63, 3.8) is 0 Å². The maximum absolute atomic E-state index is 10.6. The molecule has 0 spiro atoms. The predicted molar refractivity (Wildman–Crippen MR) is 47.4 cm³/mol. The minimum absolute atomic E-state index is 0.0126. The van der Waals surface area contributed by atoms with Crippen molar-refractivity contribution in [2.45, 2.75) is 20.8 Å². The fourth-order valence-electron chi connectivity index (χ4n) is 0.698. The third-order valence-corrected chi connectivity index (χ3v) is 1.47. The van der Waals surface area contributed by atoms with Gasteiger partial charge in [0.1, 0.15) is 0 Å². The summed E-state index contributed by atoms with van der Waals surface area (Å²) in [5.41, 5.74) is 0.617. The first kappa shape index (κ1) is 11.4. The molecular weight excluding hydrogens is 172 g/mol. The lowest BCUT2D eigenvalue weighted by atomic mass is 10.1. The van der Waals surface area contributed by atoms with Crippen LogP contribution >= 0.6 is 0 Å². The number of carbonyl (C=O) groups is 2. The fraction of sp³-hybridized carbons (Fsp3) is 0.333. The van der Waals surface area contributed by atoms with Crippen molar-refractivity contribution in [2.24, 2.45) is 0 Å². The fourth-order valence-corrected chi connectivity index (χ4v) is 0.698. The highest BCUT2D eigenvalue weighted by Gasteiger charge is 2.08. The smallest absolute Gasteiger partial charge is 0.335 e. The van der Waals surface area contributed by atoms with E-state index in [0.717, 1.165) is 6.08 Å². The number of rotatable bonds is 3. The molecule has 4 nitrogen and oxygen atoms in total. The average molecular weight is 184 g/mol. The molecule has 0 aliphatic heterocycles. The highest BCUT2D eigenvalue weighted by molar-refractivity contribution is 5.94. The Labute approximate surface area is 76.2 Å². The molecule has 0 fully saturated rings. The number of allylic oxidation sites excluding steroid dienone is 1. The molecule has 4 heteroatoms. The Hall–Kier alpha value is -1.58. The molecule has 0 radical (unpaired) electrons. The Morgan fingerprint density at radius 3 is 1.69 bits per heavy atom. The van der Waals surface area contributed by atoms with Crippen molar-refractivity contribution >= 4 is 11.9 Å². The monoisotopic (exact) mass is 184 g/mol.